The van der Waals surface area contributed by atoms with Crippen LogP contribution in [0.3, 0.4) is 0 Å². The molecule has 4 heteroatoms. The predicted octanol–water partition coefficient (Wildman–Crippen LogP) is 2.82. The van der Waals surface area contributed by atoms with Crippen molar-refractivity contribution in [1.29, 1.82) is 0 Å². The van der Waals surface area contributed by atoms with Crippen LogP contribution in [-0.4, -0.2) is 27.1 Å². The average molecular weight is 258 g/mol. The average Bonchev–Trinajstić information content (AvgIpc) is 2.35. The van der Waals surface area contributed by atoms with Gasteiger partial charge in [0.15, 0.2) is 0 Å². The summed E-state index contributed by atoms with van der Waals surface area (Å²) in [6.07, 6.45) is 0. The van der Waals surface area contributed by atoms with E-state index >= 15 is 0 Å². The highest BCUT2D eigenvalue weighted by Gasteiger charge is 2.19. The van der Waals surface area contributed by atoms with Crippen LogP contribution in [0.5, 0.6) is 11.5 Å². The first-order chi connectivity index (χ1) is 8.10. The van der Waals surface area contributed by atoms with Crippen molar-refractivity contribution < 1.29 is 9.47 Å². The van der Waals surface area contributed by atoms with Gasteiger partial charge in [-0.15, -0.1) is 11.6 Å². The number of methoxy groups -OCH3 is 2. The minimum atomic E-state index is 0.0554. The maximum atomic E-state index is 5.96. The molecular weight excluding hydrogens is 238 g/mol. The number of alkyl halides is 1. The van der Waals surface area contributed by atoms with Crippen molar-refractivity contribution in [3.8, 4) is 11.5 Å². The fraction of sp³-hybridized carbons (Fsp3) is 0.538. The summed E-state index contributed by atoms with van der Waals surface area (Å²) in [5, 5.41) is 3.17. The van der Waals surface area contributed by atoms with Gasteiger partial charge < -0.3 is 14.8 Å². The lowest BCUT2D eigenvalue weighted by Crippen LogP contribution is -2.19. The highest BCUT2D eigenvalue weighted by Crippen LogP contribution is 2.36. The normalized spacial score (nSPS) is 12.4. The van der Waals surface area contributed by atoms with Gasteiger partial charge in [0.25, 0.3) is 0 Å². The largest absolute Gasteiger partial charge is 0.496 e. The van der Waals surface area contributed by atoms with E-state index in [0.717, 1.165) is 28.2 Å². The molecule has 0 spiro atoms. The molecule has 17 heavy (non-hydrogen) atoms. The number of ether oxygens (including phenoxy) is 2. The molecule has 3 nitrogen and oxygen atoms in total. The van der Waals surface area contributed by atoms with Crippen LogP contribution >= 0.6 is 11.6 Å². The van der Waals surface area contributed by atoms with Gasteiger partial charge in [-0.3, -0.25) is 0 Å². The Kier molecular flexibility index (Phi) is 5.09. The van der Waals surface area contributed by atoms with Crippen LogP contribution in [-0.2, 0) is 0 Å². The Morgan fingerprint density at radius 3 is 2.29 bits per heavy atom. The minimum absolute atomic E-state index is 0.0554. The minimum Gasteiger partial charge on any atom is -0.496 e. The second-order valence-electron chi connectivity index (χ2n) is 3.95. The molecule has 0 bridgehead atoms. The molecule has 1 aromatic carbocycles. The van der Waals surface area contributed by atoms with Crippen molar-refractivity contribution in [2.75, 3.05) is 27.1 Å². The fourth-order valence-electron chi connectivity index (χ4n) is 1.94. The van der Waals surface area contributed by atoms with E-state index in [9.17, 15) is 0 Å². The van der Waals surface area contributed by atoms with E-state index in [0.29, 0.717) is 5.88 Å². The molecule has 0 aliphatic carbocycles. The molecule has 1 N–H and O–H groups in total. The summed E-state index contributed by atoms with van der Waals surface area (Å²) >= 11 is 5.96. The van der Waals surface area contributed by atoms with E-state index in [1.165, 1.54) is 0 Å². The summed E-state index contributed by atoms with van der Waals surface area (Å²) in [5.74, 6) is 2.23. The molecule has 0 aromatic heterocycles. The van der Waals surface area contributed by atoms with Crippen LogP contribution in [0.2, 0.25) is 0 Å². The van der Waals surface area contributed by atoms with Gasteiger partial charge in [-0.2, -0.15) is 0 Å². The summed E-state index contributed by atoms with van der Waals surface area (Å²) in [4.78, 5) is 0. The molecule has 0 saturated heterocycles. The quantitative estimate of drug-likeness (QED) is 0.823. The third-order valence-corrected chi connectivity index (χ3v) is 3.43. The van der Waals surface area contributed by atoms with Crippen molar-refractivity contribution in [3.05, 3.63) is 22.8 Å². The molecule has 1 unspecified atom stereocenters. The molecule has 96 valence electrons. The number of hydrogen-bond donors (Lipinski definition) is 1. The van der Waals surface area contributed by atoms with Gasteiger partial charge >= 0.3 is 0 Å². The fourth-order valence-corrected chi connectivity index (χ4v) is 2.26. The maximum Gasteiger partial charge on any atom is 0.127 e. The highest BCUT2D eigenvalue weighted by molar-refractivity contribution is 6.18. The van der Waals surface area contributed by atoms with E-state index in [1.807, 2.05) is 27.0 Å². The zero-order chi connectivity index (χ0) is 13.0. The van der Waals surface area contributed by atoms with Crippen LogP contribution in [0.1, 0.15) is 22.7 Å². The van der Waals surface area contributed by atoms with E-state index in [1.54, 1.807) is 14.2 Å². The lowest BCUT2D eigenvalue weighted by Gasteiger charge is -2.21. The van der Waals surface area contributed by atoms with Gasteiger partial charge in [0.1, 0.15) is 11.5 Å². The van der Waals surface area contributed by atoms with Crippen molar-refractivity contribution in [1.82, 2.24) is 5.32 Å². The van der Waals surface area contributed by atoms with E-state index < -0.39 is 0 Å². The standard InChI is InChI=1S/C13H20ClNO2/c1-8-9(2)13(17-5)10(6-12(8)16-4)11(7-14)15-3/h6,11,15H,7H2,1-5H3. The van der Waals surface area contributed by atoms with Gasteiger partial charge in [-0.25, -0.2) is 0 Å². The molecule has 0 aliphatic rings. The van der Waals surface area contributed by atoms with E-state index in [2.05, 4.69) is 5.32 Å². The summed E-state index contributed by atoms with van der Waals surface area (Å²) in [5.41, 5.74) is 3.22. The Morgan fingerprint density at radius 1 is 1.24 bits per heavy atom. The molecule has 0 aliphatic heterocycles. The topological polar surface area (TPSA) is 30.5 Å². The summed E-state index contributed by atoms with van der Waals surface area (Å²) < 4.78 is 10.9. The number of halogens is 1. The van der Waals surface area contributed by atoms with E-state index in [-0.39, 0.29) is 6.04 Å². The van der Waals surface area contributed by atoms with Crippen LogP contribution in [0.4, 0.5) is 0 Å². The molecule has 1 rings (SSSR count). The first kappa shape index (κ1) is 14.1. The Bertz CT molecular complexity index is 389. The first-order valence-corrected chi connectivity index (χ1v) is 6.09. The Hall–Kier alpha value is -0.930. The monoisotopic (exact) mass is 257 g/mol. The number of rotatable bonds is 5. The Morgan fingerprint density at radius 2 is 1.88 bits per heavy atom. The molecule has 0 fully saturated rings. The summed E-state index contributed by atoms with van der Waals surface area (Å²) in [6, 6.07) is 2.05. The number of hydrogen-bond acceptors (Lipinski definition) is 3. The molecule has 1 atom stereocenters. The van der Waals surface area contributed by atoms with Gasteiger partial charge in [-0.05, 0) is 38.1 Å². The van der Waals surface area contributed by atoms with Gasteiger partial charge in [-0.1, -0.05) is 0 Å². The second kappa shape index (κ2) is 6.12. The molecule has 1 aromatic rings. The lowest BCUT2D eigenvalue weighted by atomic mass is 9.99. The Balaban J connectivity index is 3.41. The predicted molar refractivity (Wildman–Crippen MR) is 71.5 cm³/mol. The zero-order valence-electron chi connectivity index (χ0n) is 11.1. The number of nitrogens with one attached hydrogen (secondary N) is 1. The van der Waals surface area contributed by atoms with Crippen LogP contribution < -0.4 is 14.8 Å². The molecule has 0 heterocycles. The third-order valence-electron chi connectivity index (χ3n) is 3.12. The van der Waals surface area contributed by atoms with Gasteiger partial charge in [0.05, 0.1) is 14.2 Å². The van der Waals surface area contributed by atoms with Crippen molar-refractivity contribution in [2.45, 2.75) is 19.9 Å². The van der Waals surface area contributed by atoms with Crippen LogP contribution in [0.25, 0.3) is 0 Å². The Labute approximate surface area is 108 Å². The summed E-state index contributed by atoms with van der Waals surface area (Å²) in [6.45, 7) is 4.05. The molecule has 0 saturated carbocycles. The van der Waals surface area contributed by atoms with Crippen LogP contribution in [0.15, 0.2) is 6.07 Å². The summed E-state index contributed by atoms with van der Waals surface area (Å²) in [7, 11) is 5.24. The first-order valence-electron chi connectivity index (χ1n) is 5.55. The maximum absolute atomic E-state index is 5.96. The van der Waals surface area contributed by atoms with Crippen molar-refractivity contribution in [2.24, 2.45) is 0 Å². The van der Waals surface area contributed by atoms with Crippen LogP contribution in [0, 0.1) is 13.8 Å². The smallest absolute Gasteiger partial charge is 0.127 e. The lowest BCUT2D eigenvalue weighted by molar-refractivity contribution is 0.388. The van der Waals surface area contributed by atoms with Gasteiger partial charge in [0.2, 0.25) is 0 Å². The van der Waals surface area contributed by atoms with Crippen molar-refractivity contribution in [3.63, 3.8) is 0 Å². The molecular formula is C13H20ClNO2. The molecule has 0 radical (unpaired) electrons. The van der Waals surface area contributed by atoms with E-state index in [4.69, 9.17) is 21.1 Å². The van der Waals surface area contributed by atoms with Gasteiger partial charge in [0, 0.05) is 17.5 Å². The SMILES string of the molecule is CNC(CCl)c1cc(OC)c(C)c(C)c1OC. The third kappa shape index (κ3) is 2.67. The van der Waals surface area contributed by atoms with Crippen molar-refractivity contribution >= 4 is 11.6 Å². The molecule has 0 amide bonds. The number of benzene rings is 1. The zero-order valence-corrected chi connectivity index (χ0v) is 11.8. The highest BCUT2D eigenvalue weighted by atomic mass is 35.5. The second-order valence-corrected chi connectivity index (χ2v) is 4.26.